The van der Waals surface area contributed by atoms with Gasteiger partial charge in [-0.3, -0.25) is 19.3 Å². The molecule has 7 nitrogen and oxygen atoms in total. The van der Waals surface area contributed by atoms with Crippen LogP contribution < -0.4 is 10.7 Å². The van der Waals surface area contributed by atoms with E-state index < -0.39 is 46.2 Å². The molecule has 1 saturated heterocycles. The van der Waals surface area contributed by atoms with Crippen molar-refractivity contribution in [2.45, 2.75) is 22.0 Å². The Hall–Kier alpha value is -3.07. The number of hydrogen-bond acceptors (Lipinski definition) is 8. The number of carboxylic acids is 1. The lowest BCUT2D eigenvalue weighted by Crippen LogP contribution is -2.70. The molecule has 0 radical (unpaired) electrons. The topological polar surface area (TPSA) is 104 Å². The van der Waals surface area contributed by atoms with E-state index in [2.05, 4.69) is 5.32 Å². The minimum Gasteiger partial charge on any atom is -0.477 e. The fraction of sp³-hybridized carbons (Fsp3) is 0.167. The molecule has 196 valence electrons. The Morgan fingerprint density at radius 3 is 2.71 bits per heavy atom. The predicted molar refractivity (Wildman–Crippen MR) is 141 cm³/mol. The standard InChI is InChI=1S/C24H15F3N2O5S4/c25-13-7-12-14(30)8-16(38-21(12)18(27)17(13)26)36-5-3-10-9-37-23-19(22(32)29(23)20(10)24(33)34)28-15(31)6-11-2-1-4-35-11/h1-5,7-8,19,23H,6,9H2,(H,28,31)(H,33,34)/b5-3+/t19?,23-/m1/s1. The highest BCUT2D eigenvalue weighted by Gasteiger charge is 2.53. The smallest absolute Gasteiger partial charge is 0.352 e. The van der Waals surface area contributed by atoms with Gasteiger partial charge >= 0.3 is 5.97 Å². The molecule has 3 aromatic rings. The van der Waals surface area contributed by atoms with Gasteiger partial charge in [-0.05, 0) is 34.6 Å². The van der Waals surface area contributed by atoms with E-state index in [4.69, 9.17) is 0 Å². The van der Waals surface area contributed by atoms with E-state index in [1.165, 1.54) is 34.6 Å². The number of amides is 2. The van der Waals surface area contributed by atoms with Gasteiger partial charge in [-0.2, -0.15) is 0 Å². The molecule has 0 spiro atoms. The van der Waals surface area contributed by atoms with Crippen LogP contribution in [0, 0.1) is 17.5 Å². The van der Waals surface area contributed by atoms with Crippen molar-refractivity contribution in [3.8, 4) is 0 Å². The molecule has 1 unspecified atom stereocenters. The molecular weight excluding hydrogens is 582 g/mol. The molecular formula is C24H15F3N2O5S4. The summed E-state index contributed by atoms with van der Waals surface area (Å²) in [5, 5.41) is 15.0. The fourth-order valence-corrected chi connectivity index (χ4v) is 7.97. The van der Waals surface area contributed by atoms with E-state index in [0.29, 0.717) is 11.6 Å². The molecule has 1 aromatic carbocycles. The molecule has 14 heteroatoms. The van der Waals surface area contributed by atoms with Crippen molar-refractivity contribution in [3.05, 3.63) is 85.0 Å². The maximum Gasteiger partial charge on any atom is 0.352 e. The van der Waals surface area contributed by atoms with Crippen molar-refractivity contribution in [3.63, 3.8) is 0 Å². The Balaban J connectivity index is 1.33. The van der Waals surface area contributed by atoms with E-state index in [9.17, 15) is 37.5 Å². The Bertz CT molecular complexity index is 1600. The third-order valence-electron chi connectivity index (χ3n) is 5.72. The number of thioether (sulfide) groups is 2. The summed E-state index contributed by atoms with van der Waals surface area (Å²) in [7, 11) is 0. The van der Waals surface area contributed by atoms with Gasteiger partial charge in [0.15, 0.2) is 22.9 Å². The number of carbonyl (C=O) groups is 3. The minimum absolute atomic E-state index is 0.123. The van der Waals surface area contributed by atoms with Crippen molar-refractivity contribution in [2.75, 3.05) is 5.75 Å². The Morgan fingerprint density at radius 1 is 1.21 bits per heavy atom. The molecule has 5 rings (SSSR count). The van der Waals surface area contributed by atoms with Crippen LogP contribution in [0.2, 0.25) is 0 Å². The largest absolute Gasteiger partial charge is 0.477 e. The number of carbonyl (C=O) groups excluding carboxylic acids is 2. The minimum atomic E-state index is -1.67. The summed E-state index contributed by atoms with van der Waals surface area (Å²) in [6.45, 7) is 0. The maximum atomic E-state index is 14.2. The molecule has 0 aliphatic carbocycles. The Morgan fingerprint density at radius 2 is 2.00 bits per heavy atom. The van der Waals surface area contributed by atoms with Gasteiger partial charge in [0.2, 0.25) is 5.91 Å². The third-order valence-corrected chi connectivity index (χ3v) is 9.98. The number of nitrogens with one attached hydrogen (secondary N) is 1. The summed E-state index contributed by atoms with van der Waals surface area (Å²) >= 11 is 4.43. The molecule has 38 heavy (non-hydrogen) atoms. The number of fused-ring (bicyclic) bond motifs is 2. The van der Waals surface area contributed by atoms with Crippen LogP contribution in [0.15, 0.2) is 61.4 Å². The van der Waals surface area contributed by atoms with Gasteiger partial charge in [-0.25, -0.2) is 18.0 Å². The van der Waals surface area contributed by atoms with Crippen molar-refractivity contribution >= 4 is 74.1 Å². The van der Waals surface area contributed by atoms with Crippen LogP contribution in [0.25, 0.3) is 10.1 Å². The van der Waals surface area contributed by atoms with Gasteiger partial charge in [0.1, 0.15) is 17.1 Å². The highest BCUT2D eigenvalue weighted by molar-refractivity contribution is 8.04. The van der Waals surface area contributed by atoms with E-state index >= 15 is 0 Å². The lowest BCUT2D eigenvalue weighted by Gasteiger charge is -2.49. The number of nitrogens with zero attached hydrogens (tertiary/aromatic N) is 1. The number of hydrogen-bond donors (Lipinski definition) is 2. The third kappa shape index (κ3) is 4.88. The van der Waals surface area contributed by atoms with Crippen LogP contribution >= 0.6 is 46.2 Å². The molecule has 2 N–H and O–H groups in total. The average molecular weight is 597 g/mol. The first-order valence-corrected chi connectivity index (χ1v) is 14.5. The zero-order valence-corrected chi connectivity index (χ0v) is 22.2. The normalized spacial score (nSPS) is 19.1. The fourth-order valence-electron chi connectivity index (χ4n) is 3.98. The first kappa shape index (κ1) is 26.5. The van der Waals surface area contributed by atoms with E-state index in [1.807, 2.05) is 17.5 Å². The summed E-state index contributed by atoms with van der Waals surface area (Å²) < 4.78 is 41.3. The molecule has 4 heterocycles. The number of allylic oxidation sites excluding steroid dienone is 1. The van der Waals surface area contributed by atoms with Crippen LogP contribution in [0.4, 0.5) is 13.2 Å². The average Bonchev–Trinajstić information content (AvgIpc) is 3.39. The van der Waals surface area contributed by atoms with Gasteiger partial charge in [-0.15, -0.1) is 34.4 Å². The monoisotopic (exact) mass is 596 g/mol. The molecule has 0 saturated carbocycles. The van der Waals surface area contributed by atoms with Crippen LogP contribution in [0.3, 0.4) is 0 Å². The number of halogens is 3. The number of aliphatic carboxylic acids is 1. The van der Waals surface area contributed by atoms with Gasteiger partial charge < -0.3 is 10.4 Å². The van der Waals surface area contributed by atoms with E-state index in [1.54, 1.807) is 0 Å². The van der Waals surface area contributed by atoms with Crippen molar-refractivity contribution in [2.24, 2.45) is 0 Å². The number of thiophene rings is 1. The zero-order chi connectivity index (χ0) is 27.1. The van der Waals surface area contributed by atoms with E-state index in [-0.39, 0.29) is 38.1 Å². The lowest BCUT2D eigenvalue weighted by atomic mass is 10.0. The Labute approximate surface area is 229 Å². The van der Waals surface area contributed by atoms with Crippen LogP contribution in [-0.2, 0) is 20.8 Å². The molecule has 0 bridgehead atoms. The lowest BCUT2D eigenvalue weighted by molar-refractivity contribution is -0.150. The van der Waals surface area contributed by atoms with Gasteiger partial charge in [-0.1, -0.05) is 17.8 Å². The zero-order valence-electron chi connectivity index (χ0n) is 18.9. The quantitative estimate of drug-likeness (QED) is 0.238. The van der Waals surface area contributed by atoms with Gasteiger partial charge in [0.05, 0.1) is 15.3 Å². The van der Waals surface area contributed by atoms with Crippen LogP contribution in [0.1, 0.15) is 4.88 Å². The van der Waals surface area contributed by atoms with Crippen molar-refractivity contribution < 1.29 is 32.7 Å². The van der Waals surface area contributed by atoms with Crippen LogP contribution in [0.5, 0.6) is 0 Å². The number of carboxylic acid groups (broad SMARTS) is 1. The molecule has 1 fully saturated rings. The number of benzene rings is 1. The highest BCUT2D eigenvalue weighted by Crippen LogP contribution is 2.41. The van der Waals surface area contributed by atoms with Crippen LogP contribution in [-0.4, -0.2) is 45.0 Å². The molecule has 2 amide bonds. The second-order valence-corrected chi connectivity index (χ2v) is 12.5. The van der Waals surface area contributed by atoms with Gasteiger partial charge in [0.25, 0.3) is 5.91 Å². The van der Waals surface area contributed by atoms with Crippen molar-refractivity contribution in [1.82, 2.24) is 10.2 Å². The summed E-state index contributed by atoms with van der Waals surface area (Å²) in [5.41, 5.74) is -0.572. The molecule has 2 aliphatic heterocycles. The maximum absolute atomic E-state index is 14.2. The molecule has 2 aliphatic rings. The number of rotatable bonds is 7. The second-order valence-electron chi connectivity index (χ2n) is 8.10. The first-order chi connectivity index (χ1) is 18.2. The Kier molecular flexibility index (Phi) is 7.40. The summed E-state index contributed by atoms with van der Waals surface area (Å²) in [6.07, 6.45) is 1.59. The summed E-state index contributed by atoms with van der Waals surface area (Å²) in [5.74, 6) is -6.52. The number of β-lactam (4-membered cyclic amide) rings is 1. The first-order valence-electron chi connectivity index (χ1n) is 10.8. The summed E-state index contributed by atoms with van der Waals surface area (Å²) in [6, 6.07) is 4.59. The molecule has 2 atom stereocenters. The summed E-state index contributed by atoms with van der Waals surface area (Å²) in [4.78, 5) is 51.4. The predicted octanol–water partition coefficient (Wildman–Crippen LogP) is 4.33. The SMILES string of the molecule is O=C(Cc1cccs1)NC1C(=O)N2C(C(=O)O)=C(/C=C/Sc3cc(=O)c4cc(F)c(F)c(F)c4s3)CS[C@H]12. The molecule has 2 aromatic heterocycles. The highest BCUT2D eigenvalue weighted by atomic mass is 32.2. The van der Waals surface area contributed by atoms with Crippen molar-refractivity contribution in [1.29, 1.82) is 0 Å². The van der Waals surface area contributed by atoms with Gasteiger partial charge in [0, 0.05) is 22.1 Å². The second kappa shape index (κ2) is 10.6. The van der Waals surface area contributed by atoms with E-state index in [0.717, 1.165) is 38.9 Å².